The Morgan fingerprint density at radius 3 is 2.13 bits per heavy atom. The molecule has 0 N–H and O–H groups in total. The van der Waals surface area contributed by atoms with Gasteiger partial charge in [-0.3, -0.25) is 9.59 Å². The molecular weight excluding hydrogens is 372 g/mol. The van der Waals surface area contributed by atoms with E-state index < -0.39 is 0 Å². The Balaban J connectivity index is 1.37. The summed E-state index contributed by atoms with van der Waals surface area (Å²) in [6.45, 7) is 2.00. The molecule has 0 saturated carbocycles. The maximum Gasteiger partial charge on any atom is 0.253 e. The highest BCUT2D eigenvalue weighted by Crippen LogP contribution is 2.20. The van der Waals surface area contributed by atoms with E-state index in [4.69, 9.17) is 0 Å². The third-order valence-electron chi connectivity index (χ3n) is 5.57. The number of hydrogen-bond donors (Lipinski definition) is 0. The molecule has 1 heterocycles. The van der Waals surface area contributed by atoms with Crippen LogP contribution >= 0.6 is 0 Å². The third kappa shape index (κ3) is 4.60. The number of carbonyl (C=O) groups is 2. The smallest absolute Gasteiger partial charge is 0.253 e. The van der Waals surface area contributed by atoms with E-state index in [0.717, 1.165) is 24.1 Å². The van der Waals surface area contributed by atoms with E-state index in [-0.39, 0.29) is 11.8 Å². The number of carbonyl (C=O) groups excluding carboxylic acids is 2. The van der Waals surface area contributed by atoms with Gasteiger partial charge >= 0.3 is 0 Å². The lowest BCUT2D eigenvalue weighted by Gasteiger charge is -2.19. The SMILES string of the molecule is CN(Cc1ccc(-c2ccccc2)cc1)C(=O)c1ccc(CN2CCCC2=O)cc1. The summed E-state index contributed by atoms with van der Waals surface area (Å²) in [6, 6.07) is 26.2. The zero-order valence-electron chi connectivity index (χ0n) is 17.3. The highest BCUT2D eigenvalue weighted by Gasteiger charge is 2.20. The molecule has 0 atom stereocenters. The van der Waals surface area contributed by atoms with Gasteiger partial charge in [0, 0.05) is 38.7 Å². The first kappa shape index (κ1) is 19.9. The lowest BCUT2D eigenvalue weighted by molar-refractivity contribution is -0.128. The van der Waals surface area contributed by atoms with Gasteiger partial charge in [-0.1, -0.05) is 66.7 Å². The van der Waals surface area contributed by atoms with E-state index in [9.17, 15) is 9.59 Å². The predicted octanol–water partition coefficient (Wildman–Crippen LogP) is 4.75. The minimum Gasteiger partial charge on any atom is -0.338 e. The van der Waals surface area contributed by atoms with Gasteiger partial charge in [0.05, 0.1) is 0 Å². The van der Waals surface area contributed by atoms with E-state index in [2.05, 4.69) is 36.4 Å². The van der Waals surface area contributed by atoms with Crippen molar-refractivity contribution in [3.8, 4) is 11.1 Å². The second kappa shape index (κ2) is 8.95. The quantitative estimate of drug-likeness (QED) is 0.601. The van der Waals surface area contributed by atoms with E-state index in [1.807, 2.05) is 54.4 Å². The van der Waals surface area contributed by atoms with Crippen molar-refractivity contribution >= 4 is 11.8 Å². The summed E-state index contributed by atoms with van der Waals surface area (Å²) in [5, 5.41) is 0. The number of hydrogen-bond acceptors (Lipinski definition) is 2. The molecule has 1 fully saturated rings. The normalized spacial score (nSPS) is 13.5. The third-order valence-corrected chi connectivity index (χ3v) is 5.57. The van der Waals surface area contributed by atoms with Gasteiger partial charge in [0.1, 0.15) is 0 Å². The Labute approximate surface area is 177 Å². The molecule has 0 bridgehead atoms. The van der Waals surface area contributed by atoms with Gasteiger partial charge in [-0.2, -0.15) is 0 Å². The largest absolute Gasteiger partial charge is 0.338 e. The number of likely N-dealkylation sites (tertiary alicyclic amines) is 1. The van der Waals surface area contributed by atoms with E-state index >= 15 is 0 Å². The molecule has 0 spiro atoms. The van der Waals surface area contributed by atoms with E-state index in [0.29, 0.717) is 25.1 Å². The Kier molecular flexibility index (Phi) is 5.94. The Morgan fingerprint density at radius 2 is 1.50 bits per heavy atom. The van der Waals surface area contributed by atoms with Crippen LogP contribution in [0.3, 0.4) is 0 Å². The van der Waals surface area contributed by atoms with Gasteiger partial charge in [0.2, 0.25) is 5.91 Å². The second-order valence-electron chi connectivity index (χ2n) is 7.84. The molecule has 0 aromatic heterocycles. The van der Waals surface area contributed by atoms with E-state index in [1.165, 1.54) is 11.1 Å². The van der Waals surface area contributed by atoms with Crippen LogP contribution in [-0.2, 0) is 17.9 Å². The van der Waals surface area contributed by atoms with Crippen LogP contribution in [0.5, 0.6) is 0 Å². The van der Waals surface area contributed by atoms with E-state index in [1.54, 1.807) is 4.90 Å². The molecule has 0 radical (unpaired) electrons. The summed E-state index contributed by atoms with van der Waals surface area (Å²) in [5.74, 6) is 0.208. The van der Waals surface area contributed by atoms with Crippen LogP contribution in [0.25, 0.3) is 11.1 Å². The fourth-order valence-corrected chi connectivity index (χ4v) is 3.84. The number of rotatable bonds is 6. The summed E-state index contributed by atoms with van der Waals surface area (Å²) < 4.78 is 0. The average molecular weight is 399 g/mol. The predicted molar refractivity (Wildman–Crippen MR) is 119 cm³/mol. The van der Waals surface area contributed by atoms with Crippen LogP contribution in [-0.4, -0.2) is 35.2 Å². The molecule has 0 unspecified atom stereocenters. The molecule has 4 nitrogen and oxygen atoms in total. The standard InChI is InChI=1S/C26H26N2O2/c1-27(18-20-9-13-23(14-10-20)22-6-3-2-4-7-22)26(30)24-15-11-21(12-16-24)19-28-17-5-8-25(28)29/h2-4,6-7,9-16H,5,8,17-19H2,1H3. The van der Waals surface area contributed by atoms with Crippen molar-refractivity contribution in [2.24, 2.45) is 0 Å². The first-order valence-electron chi connectivity index (χ1n) is 10.4. The van der Waals surface area contributed by atoms with Crippen LogP contribution in [0.1, 0.15) is 34.3 Å². The lowest BCUT2D eigenvalue weighted by atomic mass is 10.0. The van der Waals surface area contributed by atoms with Gasteiger partial charge in [-0.25, -0.2) is 0 Å². The molecule has 4 rings (SSSR count). The molecule has 4 heteroatoms. The summed E-state index contributed by atoms with van der Waals surface area (Å²) in [5.41, 5.74) is 5.16. The first-order chi connectivity index (χ1) is 14.6. The molecule has 30 heavy (non-hydrogen) atoms. The molecule has 1 saturated heterocycles. The van der Waals surface area contributed by atoms with Gasteiger partial charge in [-0.15, -0.1) is 0 Å². The van der Waals surface area contributed by atoms with Crippen molar-refractivity contribution in [3.63, 3.8) is 0 Å². The molecule has 0 aliphatic carbocycles. The Hall–Kier alpha value is -3.40. The minimum absolute atomic E-state index is 0.00839. The van der Waals surface area contributed by atoms with Crippen molar-refractivity contribution in [2.45, 2.75) is 25.9 Å². The summed E-state index contributed by atoms with van der Waals surface area (Å²) in [4.78, 5) is 28.2. The number of benzene rings is 3. The van der Waals surface area contributed by atoms with Gasteiger partial charge < -0.3 is 9.80 Å². The van der Waals surface area contributed by atoms with Crippen molar-refractivity contribution in [2.75, 3.05) is 13.6 Å². The zero-order valence-corrected chi connectivity index (χ0v) is 17.3. The lowest BCUT2D eigenvalue weighted by Crippen LogP contribution is -2.26. The molecule has 1 aliphatic rings. The molecular formula is C26H26N2O2. The van der Waals surface area contributed by atoms with Crippen LogP contribution in [0.15, 0.2) is 78.9 Å². The van der Waals surface area contributed by atoms with Crippen molar-refractivity contribution < 1.29 is 9.59 Å². The van der Waals surface area contributed by atoms with Crippen molar-refractivity contribution in [1.82, 2.24) is 9.80 Å². The maximum atomic E-state index is 12.8. The van der Waals surface area contributed by atoms with Gasteiger partial charge in [0.15, 0.2) is 0 Å². The summed E-state index contributed by atoms with van der Waals surface area (Å²) >= 11 is 0. The first-order valence-corrected chi connectivity index (χ1v) is 10.4. The minimum atomic E-state index is -0.00839. The fraction of sp³-hybridized carbons (Fsp3) is 0.231. The van der Waals surface area contributed by atoms with Crippen molar-refractivity contribution in [1.29, 1.82) is 0 Å². The number of nitrogens with zero attached hydrogens (tertiary/aromatic N) is 2. The molecule has 3 aromatic rings. The van der Waals surface area contributed by atoms with Crippen LogP contribution in [0, 0.1) is 0 Å². The van der Waals surface area contributed by atoms with Gasteiger partial charge in [-0.05, 0) is 40.8 Å². The highest BCUT2D eigenvalue weighted by atomic mass is 16.2. The molecule has 152 valence electrons. The fourth-order valence-electron chi connectivity index (χ4n) is 3.84. The molecule has 3 aromatic carbocycles. The maximum absolute atomic E-state index is 12.8. The second-order valence-corrected chi connectivity index (χ2v) is 7.84. The Bertz CT molecular complexity index is 1010. The summed E-state index contributed by atoms with van der Waals surface area (Å²) in [6.07, 6.45) is 1.58. The van der Waals surface area contributed by atoms with Crippen molar-refractivity contribution in [3.05, 3.63) is 95.6 Å². The molecule has 2 amide bonds. The zero-order chi connectivity index (χ0) is 20.9. The van der Waals surface area contributed by atoms with Crippen LogP contribution in [0.2, 0.25) is 0 Å². The monoisotopic (exact) mass is 398 g/mol. The van der Waals surface area contributed by atoms with Crippen LogP contribution in [0.4, 0.5) is 0 Å². The Morgan fingerprint density at radius 1 is 0.867 bits per heavy atom. The molecule has 1 aliphatic heterocycles. The number of amides is 2. The highest BCUT2D eigenvalue weighted by molar-refractivity contribution is 5.94. The topological polar surface area (TPSA) is 40.6 Å². The van der Waals surface area contributed by atoms with Crippen LogP contribution < -0.4 is 0 Å². The average Bonchev–Trinajstić information content (AvgIpc) is 3.19. The van der Waals surface area contributed by atoms with Gasteiger partial charge in [0.25, 0.3) is 5.91 Å². The summed E-state index contributed by atoms with van der Waals surface area (Å²) in [7, 11) is 1.82.